The zero-order valence-electron chi connectivity index (χ0n) is 16.1. The summed E-state index contributed by atoms with van der Waals surface area (Å²) in [6, 6.07) is 8.74. The Bertz CT molecular complexity index is 823. The third-order valence-electron chi connectivity index (χ3n) is 5.81. The van der Waals surface area contributed by atoms with Crippen LogP contribution in [0.4, 0.5) is 0 Å². The summed E-state index contributed by atoms with van der Waals surface area (Å²) >= 11 is 3.76. The van der Waals surface area contributed by atoms with Gasteiger partial charge in [-0.1, -0.05) is 29.5 Å². The lowest BCUT2D eigenvalue weighted by molar-refractivity contribution is 0.0533. The van der Waals surface area contributed by atoms with Crippen molar-refractivity contribution < 1.29 is 4.74 Å². The van der Waals surface area contributed by atoms with Gasteiger partial charge in [0.2, 0.25) is 0 Å². The van der Waals surface area contributed by atoms with E-state index in [0.717, 1.165) is 48.6 Å². The quantitative estimate of drug-likeness (QED) is 0.742. The van der Waals surface area contributed by atoms with Crippen LogP contribution in [-0.2, 0) is 11.8 Å². The molecule has 0 saturated carbocycles. The summed E-state index contributed by atoms with van der Waals surface area (Å²) in [6.07, 6.45) is 2.17. The van der Waals surface area contributed by atoms with Crippen LogP contribution in [-0.4, -0.2) is 51.4 Å². The predicted octanol–water partition coefficient (Wildman–Crippen LogP) is 3.57. The van der Waals surface area contributed by atoms with Crippen LogP contribution in [0.25, 0.3) is 11.3 Å². The third kappa shape index (κ3) is 3.55. The van der Waals surface area contributed by atoms with E-state index in [0.29, 0.717) is 17.8 Å². The Hall–Kier alpha value is -1.73. The lowest BCUT2D eigenvalue weighted by atomic mass is 9.72. The zero-order chi connectivity index (χ0) is 19.0. The molecular weight excluding hydrogens is 406 g/mol. The minimum absolute atomic E-state index is 0.348. The highest BCUT2D eigenvalue weighted by atomic mass is 79.9. The topological polar surface area (TPSA) is 55.5 Å². The maximum atomic E-state index is 5.66. The van der Waals surface area contributed by atoms with Gasteiger partial charge in [0.05, 0.1) is 11.4 Å². The van der Waals surface area contributed by atoms with Gasteiger partial charge in [0.1, 0.15) is 4.62 Å². The molecule has 1 fully saturated rings. The van der Waals surface area contributed by atoms with Crippen molar-refractivity contribution in [3.63, 3.8) is 0 Å². The van der Waals surface area contributed by atoms with Crippen molar-refractivity contribution >= 4 is 20.6 Å². The molecule has 0 spiro atoms. The standard InChI is InChI=1S/C20H26BrN5O/c1-13-19(26(3)24-22-13)16-7-5-4-6-15(16)18(14-8-10-27-11-9-14)17-12-25(2)23-20(17)21/h4-7,14,17-18H,8-12H2,1-3H3/t17-,18?/m1/s1. The van der Waals surface area contributed by atoms with Crippen LogP contribution in [0.5, 0.6) is 0 Å². The Morgan fingerprint density at radius 3 is 2.56 bits per heavy atom. The summed E-state index contributed by atoms with van der Waals surface area (Å²) in [4.78, 5) is 0. The molecule has 27 heavy (non-hydrogen) atoms. The van der Waals surface area contributed by atoms with E-state index in [1.54, 1.807) is 0 Å². The molecule has 2 aromatic rings. The van der Waals surface area contributed by atoms with E-state index >= 15 is 0 Å². The maximum absolute atomic E-state index is 5.66. The average Bonchev–Trinajstić information content (AvgIpc) is 3.18. The highest BCUT2D eigenvalue weighted by Crippen LogP contribution is 2.44. The third-order valence-corrected chi connectivity index (χ3v) is 6.56. The number of benzene rings is 1. The van der Waals surface area contributed by atoms with E-state index in [4.69, 9.17) is 4.74 Å². The van der Waals surface area contributed by atoms with Crippen LogP contribution in [0.15, 0.2) is 29.4 Å². The van der Waals surface area contributed by atoms with Gasteiger partial charge in [0.15, 0.2) is 0 Å². The monoisotopic (exact) mass is 431 g/mol. The van der Waals surface area contributed by atoms with Crippen LogP contribution >= 0.6 is 15.9 Å². The van der Waals surface area contributed by atoms with Crippen molar-refractivity contribution in [3.05, 3.63) is 35.5 Å². The molecule has 1 unspecified atom stereocenters. The fraction of sp³-hybridized carbons (Fsp3) is 0.550. The van der Waals surface area contributed by atoms with Gasteiger partial charge < -0.3 is 4.74 Å². The van der Waals surface area contributed by atoms with Gasteiger partial charge >= 0.3 is 0 Å². The molecule has 7 heteroatoms. The molecule has 6 nitrogen and oxygen atoms in total. The van der Waals surface area contributed by atoms with E-state index in [9.17, 15) is 0 Å². The molecule has 0 amide bonds. The lowest BCUT2D eigenvalue weighted by Crippen LogP contribution is -2.32. The lowest BCUT2D eigenvalue weighted by Gasteiger charge is -2.35. The van der Waals surface area contributed by atoms with E-state index < -0.39 is 0 Å². The number of halogens is 1. The Balaban J connectivity index is 1.83. The fourth-order valence-corrected chi connectivity index (χ4v) is 5.31. The van der Waals surface area contributed by atoms with Crippen LogP contribution in [0.1, 0.15) is 30.0 Å². The molecule has 3 heterocycles. The first kappa shape index (κ1) is 18.6. The highest BCUT2D eigenvalue weighted by molar-refractivity contribution is 9.18. The van der Waals surface area contributed by atoms with Gasteiger partial charge in [0, 0.05) is 45.3 Å². The summed E-state index contributed by atoms with van der Waals surface area (Å²) in [7, 11) is 4.01. The summed E-state index contributed by atoms with van der Waals surface area (Å²) in [5, 5.41) is 15.2. The van der Waals surface area contributed by atoms with E-state index in [2.05, 4.69) is 55.6 Å². The molecule has 1 saturated heterocycles. The molecule has 144 valence electrons. The Kier molecular flexibility index (Phi) is 5.32. The summed E-state index contributed by atoms with van der Waals surface area (Å²) < 4.78 is 8.60. The number of ether oxygens (including phenoxy) is 1. The number of rotatable bonds is 4. The summed E-state index contributed by atoms with van der Waals surface area (Å²) in [5.74, 6) is 1.30. The second-order valence-corrected chi connectivity index (χ2v) is 8.39. The highest BCUT2D eigenvalue weighted by Gasteiger charge is 2.39. The molecule has 1 aromatic carbocycles. The molecule has 0 N–H and O–H groups in total. The first-order valence-electron chi connectivity index (χ1n) is 9.54. The van der Waals surface area contributed by atoms with Gasteiger partial charge in [-0.3, -0.25) is 5.01 Å². The van der Waals surface area contributed by atoms with Gasteiger partial charge in [-0.05, 0) is 53.1 Å². The smallest absolute Gasteiger partial charge is 0.109 e. The SMILES string of the molecule is Cc1nnn(C)c1-c1ccccc1C(C1CCOCC1)[C@H]1CN(C)N=C1Br. The van der Waals surface area contributed by atoms with Crippen molar-refractivity contribution in [1.82, 2.24) is 20.0 Å². The normalized spacial score (nSPS) is 22.1. The van der Waals surface area contributed by atoms with Crippen molar-refractivity contribution in [2.24, 2.45) is 24.0 Å². The molecular formula is C20H26BrN5O. The van der Waals surface area contributed by atoms with Crippen LogP contribution in [0.2, 0.25) is 0 Å². The minimum Gasteiger partial charge on any atom is -0.381 e. The van der Waals surface area contributed by atoms with Gasteiger partial charge in [0.25, 0.3) is 0 Å². The second-order valence-electron chi connectivity index (χ2n) is 7.58. The predicted molar refractivity (Wildman–Crippen MR) is 110 cm³/mol. The average molecular weight is 432 g/mol. The number of hydrogen-bond donors (Lipinski definition) is 0. The molecule has 2 aliphatic heterocycles. The van der Waals surface area contributed by atoms with Gasteiger partial charge in [-0.25, -0.2) is 4.68 Å². The summed E-state index contributed by atoms with van der Waals surface area (Å²) in [6.45, 7) is 4.64. The first-order valence-corrected chi connectivity index (χ1v) is 10.3. The fourth-order valence-electron chi connectivity index (χ4n) is 4.61. The van der Waals surface area contributed by atoms with Gasteiger partial charge in [-0.15, -0.1) is 5.10 Å². The molecule has 2 atom stereocenters. The van der Waals surface area contributed by atoms with Crippen molar-refractivity contribution in [3.8, 4) is 11.3 Å². The minimum atomic E-state index is 0.348. The molecule has 4 rings (SSSR count). The largest absolute Gasteiger partial charge is 0.381 e. The Morgan fingerprint density at radius 2 is 1.93 bits per heavy atom. The molecule has 2 aliphatic rings. The number of nitrogens with zero attached hydrogens (tertiary/aromatic N) is 5. The number of hydrazone groups is 1. The zero-order valence-corrected chi connectivity index (χ0v) is 17.7. The Morgan fingerprint density at radius 1 is 1.19 bits per heavy atom. The number of aryl methyl sites for hydroxylation is 2. The van der Waals surface area contributed by atoms with Crippen molar-refractivity contribution in [1.29, 1.82) is 0 Å². The molecule has 0 aliphatic carbocycles. The Labute approximate surface area is 168 Å². The number of aromatic nitrogens is 3. The second kappa shape index (κ2) is 7.72. The van der Waals surface area contributed by atoms with Crippen LogP contribution < -0.4 is 0 Å². The van der Waals surface area contributed by atoms with Crippen LogP contribution in [0.3, 0.4) is 0 Å². The first-order chi connectivity index (χ1) is 13.1. The van der Waals surface area contributed by atoms with Gasteiger partial charge in [-0.2, -0.15) is 5.10 Å². The summed E-state index contributed by atoms with van der Waals surface area (Å²) in [5.41, 5.74) is 4.66. The maximum Gasteiger partial charge on any atom is 0.109 e. The van der Waals surface area contributed by atoms with E-state index in [1.807, 2.05) is 30.7 Å². The molecule has 1 aromatic heterocycles. The van der Waals surface area contributed by atoms with Crippen molar-refractivity contribution in [2.75, 3.05) is 26.8 Å². The van der Waals surface area contributed by atoms with Crippen LogP contribution in [0, 0.1) is 18.8 Å². The van der Waals surface area contributed by atoms with Crippen molar-refractivity contribution in [2.45, 2.75) is 25.7 Å². The number of hydrogen-bond acceptors (Lipinski definition) is 5. The van der Waals surface area contributed by atoms with E-state index in [1.165, 1.54) is 11.1 Å². The van der Waals surface area contributed by atoms with E-state index in [-0.39, 0.29) is 0 Å². The molecule has 0 bridgehead atoms. The molecule has 0 radical (unpaired) electrons.